The molecule has 0 aromatic heterocycles. The zero-order valence-electron chi connectivity index (χ0n) is 12.7. The molecule has 0 aliphatic carbocycles. The van der Waals surface area contributed by atoms with Crippen LogP contribution in [0.3, 0.4) is 0 Å². The summed E-state index contributed by atoms with van der Waals surface area (Å²) in [5.41, 5.74) is 1.14. The predicted octanol–water partition coefficient (Wildman–Crippen LogP) is 2.48. The molecule has 1 heterocycles. The Morgan fingerprint density at radius 3 is 3.00 bits per heavy atom. The van der Waals surface area contributed by atoms with Crippen molar-refractivity contribution >= 4 is 18.3 Å². The zero-order valence-corrected chi connectivity index (χ0v) is 13.5. The van der Waals surface area contributed by atoms with Crippen molar-refractivity contribution in [3.63, 3.8) is 0 Å². The topological polar surface area (TPSA) is 50.4 Å². The number of carbonyl (C=O) groups is 1. The quantitative estimate of drug-likeness (QED) is 0.878. The van der Waals surface area contributed by atoms with E-state index in [2.05, 4.69) is 17.6 Å². The van der Waals surface area contributed by atoms with Crippen molar-refractivity contribution in [2.24, 2.45) is 0 Å². The van der Waals surface area contributed by atoms with E-state index in [9.17, 15) is 4.79 Å². The highest BCUT2D eigenvalue weighted by Gasteiger charge is 2.17. The Labute approximate surface area is 133 Å². The number of hydrogen-bond acceptors (Lipinski definition) is 3. The molecule has 2 unspecified atom stereocenters. The lowest BCUT2D eigenvalue weighted by Crippen LogP contribution is -2.45. The molecule has 2 rings (SSSR count). The molecule has 118 valence electrons. The average molecular weight is 313 g/mol. The van der Waals surface area contributed by atoms with Gasteiger partial charge < -0.3 is 15.4 Å². The van der Waals surface area contributed by atoms with E-state index in [4.69, 9.17) is 4.74 Å². The molecule has 0 spiro atoms. The molecule has 21 heavy (non-hydrogen) atoms. The van der Waals surface area contributed by atoms with Gasteiger partial charge in [0.15, 0.2) is 0 Å². The highest BCUT2D eigenvalue weighted by atomic mass is 35.5. The fourth-order valence-electron chi connectivity index (χ4n) is 2.61. The largest absolute Gasteiger partial charge is 0.497 e. The lowest BCUT2D eigenvalue weighted by Gasteiger charge is -2.24. The highest BCUT2D eigenvalue weighted by molar-refractivity contribution is 5.85. The molecule has 4 nitrogen and oxygen atoms in total. The van der Waals surface area contributed by atoms with Crippen LogP contribution in [0.25, 0.3) is 0 Å². The average Bonchev–Trinajstić information content (AvgIpc) is 2.48. The summed E-state index contributed by atoms with van der Waals surface area (Å²) in [7, 11) is 1.66. The molecule has 2 N–H and O–H groups in total. The Morgan fingerprint density at radius 1 is 1.52 bits per heavy atom. The number of methoxy groups -OCH3 is 1. The van der Waals surface area contributed by atoms with Gasteiger partial charge in [-0.1, -0.05) is 19.1 Å². The SMILES string of the molecule is COc1cccc(C(C)CC(=O)NC2CCCNC2)c1.Cl. The normalized spacial score (nSPS) is 19.2. The fourth-order valence-corrected chi connectivity index (χ4v) is 2.61. The van der Waals surface area contributed by atoms with E-state index in [-0.39, 0.29) is 30.3 Å². The molecule has 1 fully saturated rings. The molecule has 1 aliphatic rings. The van der Waals surface area contributed by atoms with Gasteiger partial charge in [0, 0.05) is 19.0 Å². The summed E-state index contributed by atoms with van der Waals surface area (Å²) in [5.74, 6) is 1.17. The lowest BCUT2D eigenvalue weighted by atomic mass is 9.97. The number of benzene rings is 1. The maximum atomic E-state index is 12.1. The van der Waals surface area contributed by atoms with Crippen LogP contribution in [-0.2, 0) is 4.79 Å². The minimum atomic E-state index is 0. The molecule has 1 aliphatic heterocycles. The summed E-state index contributed by atoms with van der Waals surface area (Å²) in [6, 6.07) is 8.22. The molecular formula is C16H25ClN2O2. The molecule has 1 saturated heterocycles. The van der Waals surface area contributed by atoms with Crippen LogP contribution in [0.5, 0.6) is 5.75 Å². The number of ether oxygens (including phenoxy) is 1. The van der Waals surface area contributed by atoms with E-state index in [1.165, 1.54) is 0 Å². The van der Waals surface area contributed by atoms with E-state index in [1.54, 1.807) is 7.11 Å². The molecule has 1 amide bonds. The first-order valence-corrected chi connectivity index (χ1v) is 7.33. The number of carbonyl (C=O) groups excluding carboxylic acids is 1. The van der Waals surface area contributed by atoms with Gasteiger partial charge in [-0.15, -0.1) is 12.4 Å². The molecule has 1 aromatic rings. The van der Waals surface area contributed by atoms with E-state index >= 15 is 0 Å². The van der Waals surface area contributed by atoms with Crippen LogP contribution in [0.4, 0.5) is 0 Å². The second kappa shape index (κ2) is 8.90. The summed E-state index contributed by atoms with van der Waals surface area (Å²) in [6.07, 6.45) is 2.73. The Hall–Kier alpha value is -1.26. The molecule has 0 bridgehead atoms. The van der Waals surface area contributed by atoms with Crippen LogP contribution >= 0.6 is 12.4 Å². The maximum Gasteiger partial charge on any atom is 0.220 e. The first-order chi connectivity index (χ1) is 9.69. The summed E-state index contributed by atoms with van der Waals surface area (Å²) in [4.78, 5) is 12.1. The smallest absolute Gasteiger partial charge is 0.220 e. The second-order valence-corrected chi connectivity index (χ2v) is 5.49. The number of hydrogen-bond donors (Lipinski definition) is 2. The molecule has 2 atom stereocenters. The van der Waals surface area contributed by atoms with E-state index in [0.29, 0.717) is 6.42 Å². The fraction of sp³-hybridized carbons (Fsp3) is 0.562. The standard InChI is InChI=1S/C16H24N2O2.ClH/c1-12(13-5-3-7-15(10-13)20-2)9-16(19)18-14-6-4-8-17-11-14;/h3,5,7,10,12,14,17H,4,6,8-9,11H2,1-2H3,(H,18,19);1H. The maximum absolute atomic E-state index is 12.1. The Kier molecular flexibility index (Phi) is 7.54. The number of nitrogens with one attached hydrogen (secondary N) is 2. The molecule has 0 radical (unpaired) electrons. The van der Waals surface area contributed by atoms with Gasteiger partial charge in [0.25, 0.3) is 0 Å². The third-order valence-electron chi connectivity index (χ3n) is 3.82. The van der Waals surface area contributed by atoms with Crippen molar-refractivity contribution in [1.29, 1.82) is 0 Å². The number of halogens is 1. The third kappa shape index (κ3) is 5.56. The first kappa shape index (κ1) is 17.8. The summed E-state index contributed by atoms with van der Waals surface area (Å²) in [5, 5.41) is 6.42. The van der Waals surface area contributed by atoms with Crippen molar-refractivity contribution in [2.45, 2.75) is 38.1 Å². The van der Waals surface area contributed by atoms with E-state index < -0.39 is 0 Å². The predicted molar refractivity (Wildman–Crippen MR) is 87.3 cm³/mol. The van der Waals surface area contributed by atoms with Crippen LogP contribution in [0.2, 0.25) is 0 Å². The van der Waals surface area contributed by atoms with Crippen molar-refractivity contribution < 1.29 is 9.53 Å². The first-order valence-electron chi connectivity index (χ1n) is 7.33. The third-order valence-corrected chi connectivity index (χ3v) is 3.82. The Bertz CT molecular complexity index is 448. The van der Waals surface area contributed by atoms with Gasteiger partial charge in [0.2, 0.25) is 5.91 Å². The molecule has 0 saturated carbocycles. The summed E-state index contributed by atoms with van der Waals surface area (Å²) in [6.45, 7) is 4.03. The lowest BCUT2D eigenvalue weighted by molar-refractivity contribution is -0.122. The zero-order chi connectivity index (χ0) is 14.4. The summed E-state index contributed by atoms with van der Waals surface area (Å²) >= 11 is 0. The van der Waals surface area contributed by atoms with Crippen LogP contribution in [0, 0.1) is 0 Å². The van der Waals surface area contributed by atoms with Crippen LogP contribution in [0.1, 0.15) is 37.7 Å². The van der Waals surface area contributed by atoms with Crippen LogP contribution < -0.4 is 15.4 Å². The minimum absolute atomic E-state index is 0. The van der Waals surface area contributed by atoms with Gasteiger partial charge in [-0.2, -0.15) is 0 Å². The molecular weight excluding hydrogens is 288 g/mol. The van der Waals surface area contributed by atoms with Crippen LogP contribution in [-0.4, -0.2) is 32.1 Å². The molecule has 1 aromatic carbocycles. The van der Waals surface area contributed by atoms with Gasteiger partial charge in [-0.25, -0.2) is 0 Å². The van der Waals surface area contributed by atoms with Crippen molar-refractivity contribution in [1.82, 2.24) is 10.6 Å². The van der Waals surface area contributed by atoms with Gasteiger partial charge in [-0.3, -0.25) is 4.79 Å². The van der Waals surface area contributed by atoms with Crippen molar-refractivity contribution in [3.05, 3.63) is 29.8 Å². The van der Waals surface area contributed by atoms with Gasteiger partial charge in [0.05, 0.1) is 7.11 Å². The van der Waals surface area contributed by atoms with E-state index in [1.807, 2.05) is 24.3 Å². The van der Waals surface area contributed by atoms with Crippen molar-refractivity contribution in [3.8, 4) is 5.75 Å². The number of piperidine rings is 1. The van der Waals surface area contributed by atoms with Crippen LogP contribution in [0.15, 0.2) is 24.3 Å². The minimum Gasteiger partial charge on any atom is -0.497 e. The molecule has 5 heteroatoms. The van der Waals surface area contributed by atoms with Gasteiger partial charge in [-0.05, 0) is 43.0 Å². The Morgan fingerprint density at radius 2 is 2.33 bits per heavy atom. The monoisotopic (exact) mass is 312 g/mol. The number of amides is 1. The second-order valence-electron chi connectivity index (χ2n) is 5.49. The van der Waals surface area contributed by atoms with E-state index in [0.717, 1.165) is 37.2 Å². The van der Waals surface area contributed by atoms with Gasteiger partial charge in [0.1, 0.15) is 5.75 Å². The highest BCUT2D eigenvalue weighted by Crippen LogP contribution is 2.23. The van der Waals surface area contributed by atoms with Crippen molar-refractivity contribution in [2.75, 3.05) is 20.2 Å². The number of rotatable bonds is 5. The summed E-state index contributed by atoms with van der Waals surface area (Å²) < 4.78 is 5.22. The van der Waals surface area contributed by atoms with Gasteiger partial charge >= 0.3 is 0 Å². The Balaban J connectivity index is 0.00000220.